The summed E-state index contributed by atoms with van der Waals surface area (Å²) in [5.74, 6) is 0.676. The Balaban J connectivity index is 4.06. The lowest BCUT2D eigenvalue weighted by Gasteiger charge is -2.27. The molecule has 1 amide bonds. The highest BCUT2D eigenvalue weighted by Crippen LogP contribution is 2.19. The Labute approximate surface area is 92.4 Å². The second kappa shape index (κ2) is 5.01. The third kappa shape index (κ3) is 7.19. The SMILES string of the molecule is CC(C)(C)CC(=O)NC(C)(C)CCCl. The highest BCUT2D eigenvalue weighted by molar-refractivity contribution is 6.17. The lowest BCUT2D eigenvalue weighted by Crippen LogP contribution is -2.44. The molecule has 14 heavy (non-hydrogen) atoms. The normalized spacial score (nSPS) is 12.7. The van der Waals surface area contributed by atoms with Crippen LogP contribution in [0.25, 0.3) is 0 Å². The van der Waals surface area contributed by atoms with Gasteiger partial charge < -0.3 is 5.32 Å². The van der Waals surface area contributed by atoms with Crippen LogP contribution >= 0.6 is 11.6 Å². The minimum Gasteiger partial charge on any atom is -0.351 e. The van der Waals surface area contributed by atoms with Crippen molar-refractivity contribution in [2.24, 2.45) is 5.41 Å². The molecule has 0 saturated heterocycles. The molecule has 0 aliphatic carbocycles. The van der Waals surface area contributed by atoms with Crippen LogP contribution in [0.3, 0.4) is 0 Å². The number of halogens is 1. The molecule has 0 aliphatic rings. The van der Waals surface area contributed by atoms with E-state index in [4.69, 9.17) is 11.6 Å². The van der Waals surface area contributed by atoms with Crippen molar-refractivity contribution in [3.63, 3.8) is 0 Å². The minimum atomic E-state index is -0.190. The first-order valence-electron chi connectivity index (χ1n) is 5.03. The van der Waals surface area contributed by atoms with Crippen molar-refractivity contribution in [1.29, 1.82) is 0 Å². The van der Waals surface area contributed by atoms with Gasteiger partial charge in [0, 0.05) is 17.8 Å². The maximum atomic E-state index is 11.6. The minimum absolute atomic E-state index is 0.0428. The second-order valence-electron chi connectivity index (χ2n) is 5.61. The smallest absolute Gasteiger partial charge is 0.220 e. The zero-order chi connectivity index (χ0) is 11.4. The molecule has 0 saturated carbocycles. The number of hydrogen-bond acceptors (Lipinski definition) is 1. The summed E-state index contributed by atoms with van der Waals surface area (Å²) in [4.78, 5) is 11.6. The highest BCUT2D eigenvalue weighted by atomic mass is 35.5. The number of carbonyl (C=O) groups excluding carboxylic acids is 1. The zero-order valence-corrected chi connectivity index (χ0v) is 10.7. The molecule has 0 aromatic heterocycles. The van der Waals surface area contributed by atoms with Crippen molar-refractivity contribution in [2.45, 2.75) is 53.0 Å². The van der Waals surface area contributed by atoms with Crippen LogP contribution in [0.5, 0.6) is 0 Å². The summed E-state index contributed by atoms with van der Waals surface area (Å²) in [7, 11) is 0. The van der Waals surface area contributed by atoms with Crippen molar-refractivity contribution in [2.75, 3.05) is 5.88 Å². The molecule has 0 aromatic carbocycles. The van der Waals surface area contributed by atoms with Gasteiger partial charge >= 0.3 is 0 Å². The van der Waals surface area contributed by atoms with Crippen LogP contribution in [0.1, 0.15) is 47.5 Å². The summed E-state index contributed by atoms with van der Waals surface area (Å²) in [6, 6.07) is 0. The molecule has 3 heteroatoms. The van der Waals surface area contributed by atoms with Gasteiger partial charge in [-0.3, -0.25) is 4.79 Å². The van der Waals surface area contributed by atoms with Gasteiger partial charge in [-0.05, 0) is 25.7 Å². The van der Waals surface area contributed by atoms with Crippen LogP contribution in [-0.4, -0.2) is 17.3 Å². The molecule has 84 valence electrons. The van der Waals surface area contributed by atoms with Gasteiger partial charge in [0.1, 0.15) is 0 Å². The van der Waals surface area contributed by atoms with Crippen molar-refractivity contribution in [1.82, 2.24) is 5.32 Å². The number of alkyl halides is 1. The predicted molar refractivity (Wildman–Crippen MR) is 61.6 cm³/mol. The highest BCUT2D eigenvalue weighted by Gasteiger charge is 2.22. The maximum Gasteiger partial charge on any atom is 0.220 e. The van der Waals surface area contributed by atoms with Gasteiger partial charge in [-0.2, -0.15) is 0 Å². The quantitative estimate of drug-likeness (QED) is 0.724. The molecule has 0 fully saturated rings. The summed E-state index contributed by atoms with van der Waals surface area (Å²) in [6.07, 6.45) is 1.35. The van der Waals surface area contributed by atoms with E-state index in [9.17, 15) is 4.79 Å². The Morgan fingerprint density at radius 2 is 1.71 bits per heavy atom. The van der Waals surface area contributed by atoms with Crippen molar-refractivity contribution >= 4 is 17.5 Å². The van der Waals surface area contributed by atoms with Crippen LogP contribution in [0.15, 0.2) is 0 Å². The zero-order valence-electron chi connectivity index (χ0n) is 9.91. The molecule has 0 unspecified atom stereocenters. The van der Waals surface area contributed by atoms with Gasteiger partial charge in [-0.25, -0.2) is 0 Å². The molecule has 0 spiro atoms. The fourth-order valence-electron chi connectivity index (χ4n) is 1.20. The molecule has 0 aliphatic heterocycles. The van der Waals surface area contributed by atoms with E-state index in [2.05, 4.69) is 26.1 Å². The molecule has 0 rings (SSSR count). The van der Waals surface area contributed by atoms with Crippen molar-refractivity contribution in [3.05, 3.63) is 0 Å². The lowest BCUT2D eigenvalue weighted by atomic mass is 9.91. The molecule has 2 nitrogen and oxygen atoms in total. The standard InChI is InChI=1S/C11H22ClNO/c1-10(2,3)8-9(14)13-11(4,5)6-7-12/h6-8H2,1-5H3,(H,13,14). The van der Waals surface area contributed by atoms with E-state index in [0.29, 0.717) is 12.3 Å². The van der Waals surface area contributed by atoms with Gasteiger partial charge in [-0.1, -0.05) is 20.8 Å². The Morgan fingerprint density at radius 3 is 2.07 bits per heavy atom. The molecular formula is C11H22ClNO. The van der Waals surface area contributed by atoms with Gasteiger partial charge in [0.2, 0.25) is 5.91 Å². The van der Waals surface area contributed by atoms with Crippen LogP contribution in [-0.2, 0) is 4.79 Å². The number of rotatable bonds is 4. The molecule has 0 atom stereocenters. The molecule has 0 aromatic rings. The molecule has 0 heterocycles. The van der Waals surface area contributed by atoms with E-state index in [1.54, 1.807) is 0 Å². The fraction of sp³-hybridized carbons (Fsp3) is 0.909. The van der Waals surface area contributed by atoms with E-state index >= 15 is 0 Å². The molecule has 0 bridgehead atoms. The molecular weight excluding hydrogens is 198 g/mol. The predicted octanol–water partition coefficient (Wildman–Crippen LogP) is 2.95. The number of carbonyl (C=O) groups is 1. The largest absolute Gasteiger partial charge is 0.351 e. The topological polar surface area (TPSA) is 29.1 Å². The Morgan fingerprint density at radius 1 is 1.21 bits per heavy atom. The maximum absolute atomic E-state index is 11.6. The van der Waals surface area contributed by atoms with Crippen LogP contribution in [0.2, 0.25) is 0 Å². The summed E-state index contributed by atoms with van der Waals surface area (Å²) >= 11 is 5.65. The van der Waals surface area contributed by atoms with Gasteiger partial charge in [0.05, 0.1) is 0 Å². The third-order valence-electron chi connectivity index (χ3n) is 1.89. The fourth-order valence-corrected chi connectivity index (χ4v) is 1.67. The van der Waals surface area contributed by atoms with Gasteiger partial charge in [-0.15, -0.1) is 11.6 Å². The van der Waals surface area contributed by atoms with E-state index < -0.39 is 0 Å². The van der Waals surface area contributed by atoms with E-state index in [-0.39, 0.29) is 16.9 Å². The second-order valence-corrected chi connectivity index (χ2v) is 5.99. The first-order chi connectivity index (χ1) is 6.16. The van der Waals surface area contributed by atoms with Gasteiger partial charge in [0.15, 0.2) is 0 Å². The summed E-state index contributed by atoms with van der Waals surface area (Å²) < 4.78 is 0. The summed E-state index contributed by atoms with van der Waals surface area (Å²) in [6.45, 7) is 10.2. The summed E-state index contributed by atoms with van der Waals surface area (Å²) in [5.41, 5.74) is -0.148. The third-order valence-corrected chi connectivity index (χ3v) is 2.08. The Hall–Kier alpha value is -0.240. The number of nitrogens with one attached hydrogen (secondary N) is 1. The summed E-state index contributed by atoms with van der Waals surface area (Å²) in [5, 5.41) is 2.99. The van der Waals surface area contributed by atoms with Crippen molar-refractivity contribution in [3.8, 4) is 0 Å². The first-order valence-corrected chi connectivity index (χ1v) is 5.57. The van der Waals surface area contributed by atoms with Crippen LogP contribution in [0, 0.1) is 5.41 Å². The van der Waals surface area contributed by atoms with E-state index in [1.165, 1.54) is 0 Å². The first kappa shape index (κ1) is 13.8. The average Bonchev–Trinajstić information content (AvgIpc) is 1.78. The molecule has 1 N–H and O–H groups in total. The van der Waals surface area contributed by atoms with Crippen molar-refractivity contribution < 1.29 is 4.79 Å². The lowest BCUT2D eigenvalue weighted by molar-refractivity contribution is -0.124. The van der Waals surface area contributed by atoms with Gasteiger partial charge in [0.25, 0.3) is 0 Å². The van der Waals surface area contributed by atoms with E-state index in [1.807, 2.05) is 13.8 Å². The molecule has 0 radical (unpaired) electrons. The number of hydrogen-bond donors (Lipinski definition) is 1. The van der Waals surface area contributed by atoms with E-state index in [0.717, 1.165) is 6.42 Å². The van der Waals surface area contributed by atoms with Crippen LogP contribution < -0.4 is 5.32 Å². The number of amides is 1. The Kier molecular flexibility index (Phi) is 4.93. The average molecular weight is 220 g/mol. The Bertz CT molecular complexity index is 194. The monoisotopic (exact) mass is 219 g/mol. The van der Waals surface area contributed by atoms with Crippen LogP contribution in [0.4, 0.5) is 0 Å².